The Morgan fingerprint density at radius 2 is 2.32 bits per heavy atom. The monoisotopic (exact) mass is 263 g/mol. The zero-order chi connectivity index (χ0) is 14.0. The van der Waals surface area contributed by atoms with Crippen LogP contribution in [0, 0.1) is 16.0 Å². The van der Waals surface area contributed by atoms with E-state index in [4.69, 9.17) is 5.73 Å². The lowest BCUT2D eigenvalue weighted by molar-refractivity contribution is -0.383. The van der Waals surface area contributed by atoms with Crippen LogP contribution < -0.4 is 5.73 Å². The normalized spacial score (nSPS) is 18.6. The predicted octanol–water partition coefficient (Wildman–Crippen LogP) is 2.05. The van der Waals surface area contributed by atoms with Crippen LogP contribution in [0.25, 0.3) is 0 Å². The maximum absolute atomic E-state index is 12.2. The average Bonchev–Trinajstić information content (AvgIpc) is 2.86. The van der Waals surface area contributed by atoms with Gasteiger partial charge in [0.25, 0.3) is 11.6 Å². The summed E-state index contributed by atoms with van der Waals surface area (Å²) in [5, 5.41) is 10.7. The van der Waals surface area contributed by atoms with Crippen molar-refractivity contribution in [2.75, 3.05) is 18.8 Å². The second-order valence-electron chi connectivity index (χ2n) is 4.84. The summed E-state index contributed by atoms with van der Waals surface area (Å²) in [5.74, 6) is 0.455. The topological polar surface area (TPSA) is 89.5 Å². The van der Waals surface area contributed by atoms with Crippen LogP contribution in [0.5, 0.6) is 0 Å². The van der Waals surface area contributed by atoms with Gasteiger partial charge in [0.2, 0.25) is 0 Å². The number of rotatable bonds is 3. The fourth-order valence-electron chi connectivity index (χ4n) is 2.39. The highest BCUT2D eigenvalue weighted by Gasteiger charge is 2.26. The highest BCUT2D eigenvalue weighted by molar-refractivity contribution is 5.95. The number of nitrogens with two attached hydrogens (primary N) is 1. The number of nitrogens with zero attached hydrogens (tertiary/aromatic N) is 2. The minimum absolute atomic E-state index is 0.0297. The molecule has 0 aromatic heterocycles. The molecule has 1 amide bonds. The van der Waals surface area contributed by atoms with Crippen LogP contribution >= 0.6 is 0 Å². The quantitative estimate of drug-likeness (QED) is 0.513. The smallest absolute Gasteiger partial charge is 0.292 e. The highest BCUT2D eigenvalue weighted by atomic mass is 16.6. The third kappa shape index (κ3) is 2.67. The highest BCUT2D eigenvalue weighted by Crippen LogP contribution is 2.25. The van der Waals surface area contributed by atoms with E-state index in [1.807, 2.05) is 0 Å². The molecule has 102 valence electrons. The van der Waals surface area contributed by atoms with E-state index < -0.39 is 4.92 Å². The Hall–Kier alpha value is -2.11. The van der Waals surface area contributed by atoms with Crippen molar-refractivity contribution in [3.63, 3.8) is 0 Å². The summed E-state index contributed by atoms with van der Waals surface area (Å²) < 4.78 is 0. The standard InChI is InChI=1S/C13H17N3O3/c1-2-9-5-6-15(8-9)13(17)10-3-4-12(16(18)19)11(14)7-10/h3-4,7,9H,2,5-6,8,14H2,1H3. The first-order chi connectivity index (χ1) is 9.02. The maximum Gasteiger partial charge on any atom is 0.292 e. The van der Waals surface area contributed by atoms with Gasteiger partial charge in [0.15, 0.2) is 0 Å². The molecule has 1 aliphatic rings. The molecule has 1 aromatic carbocycles. The third-order valence-electron chi connectivity index (χ3n) is 3.62. The van der Waals surface area contributed by atoms with Gasteiger partial charge in [-0.15, -0.1) is 0 Å². The van der Waals surface area contributed by atoms with Gasteiger partial charge in [-0.3, -0.25) is 14.9 Å². The summed E-state index contributed by atoms with van der Waals surface area (Å²) in [4.78, 5) is 24.2. The molecule has 6 heteroatoms. The lowest BCUT2D eigenvalue weighted by Crippen LogP contribution is -2.28. The third-order valence-corrected chi connectivity index (χ3v) is 3.62. The van der Waals surface area contributed by atoms with Gasteiger partial charge in [-0.25, -0.2) is 0 Å². The average molecular weight is 263 g/mol. The Morgan fingerprint density at radius 1 is 1.58 bits per heavy atom. The molecule has 1 aromatic rings. The number of carbonyl (C=O) groups excluding carboxylic acids is 1. The number of nitrogen functional groups attached to an aromatic ring is 1. The van der Waals surface area contributed by atoms with Crippen LogP contribution in [0.1, 0.15) is 30.1 Å². The van der Waals surface area contributed by atoms with Crippen molar-refractivity contribution in [1.82, 2.24) is 4.90 Å². The second kappa shape index (κ2) is 5.26. The summed E-state index contributed by atoms with van der Waals surface area (Å²) in [6, 6.07) is 4.14. The van der Waals surface area contributed by atoms with Gasteiger partial charge in [0.1, 0.15) is 5.69 Å². The first kappa shape index (κ1) is 13.3. The molecule has 0 saturated carbocycles. The van der Waals surface area contributed by atoms with E-state index >= 15 is 0 Å². The molecule has 0 spiro atoms. The zero-order valence-corrected chi connectivity index (χ0v) is 10.8. The van der Waals surface area contributed by atoms with E-state index in [2.05, 4.69) is 6.92 Å². The van der Waals surface area contributed by atoms with E-state index in [9.17, 15) is 14.9 Å². The summed E-state index contributed by atoms with van der Waals surface area (Å²) >= 11 is 0. The zero-order valence-electron chi connectivity index (χ0n) is 10.8. The van der Waals surface area contributed by atoms with Crippen molar-refractivity contribution < 1.29 is 9.72 Å². The van der Waals surface area contributed by atoms with Crippen LogP contribution in [0.15, 0.2) is 18.2 Å². The number of amides is 1. The van der Waals surface area contributed by atoms with E-state index in [0.29, 0.717) is 11.5 Å². The molecule has 19 heavy (non-hydrogen) atoms. The van der Waals surface area contributed by atoms with Gasteiger partial charge < -0.3 is 10.6 Å². The maximum atomic E-state index is 12.2. The number of carbonyl (C=O) groups is 1. The molecule has 0 aliphatic carbocycles. The molecule has 0 bridgehead atoms. The molecule has 2 rings (SSSR count). The van der Waals surface area contributed by atoms with Crippen molar-refractivity contribution in [3.05, 3.63) is 33.9 Å². The largest absolute Gasteiger partial charge is 0.393 e. The molecule has 1 aliphatic heterocycles. The number of nitro groups is 1. The lowest BCUT2D eigenvalue weighted by Gasteiger charge is -2.16. The fourth-order valence-corrected chi connectivity index (χ4v) is 2.39. The SMILES string of the molecule is CCC1CCN(C(=O)c2ccc([N+](=O)[O-])c(N)c2)C1. The number of hydrogen-bond donors (Lipinski definition) is 1. The molecule has 1 atom stereocenters. The van der Waals surface area contributed by atoms with Crippen LogP contribution in [-0.2, 0) is 0 Å². The van der Waals surface area contributed by atoms with Gasteiger partial charge >= 0.3 is 0 Å². The Labute approximate surface area is 111 Å². The van der Waals surface area contributed by atoms with E-state index in [1.165, 1.54) is 18.2 Å². The predicted molar refractivity (Wildman–Crippen MR) is 71.8 cm³/mol. The van der Waals surface area contributed by atoms with Gasteiger partial charge in [0.05, 0.1) is 4.92 Å². The van der Waals surface area contributed by atoms with Crippen molar-refractivity contribution in [2.45, 2.75) is 19.8 Å². The Kier molecular flexibility index (Phi) is 3.69. The number of benzene rings is 1. The minimum Gasteiger partial charge on any atom is -0.393 e. The van der Waals surface area contributed by atoms with Gasteiger partial charge in [-0.05, 0) is 24.5 Å². The fraction of sp³-hybridized carbons (Fsp3) is 0.462. The van der Waals surface area contributed by atoms with Gasteiger partial charge in [-0.1, -0.05) is 13.3 Å². The van der Waals surface area contributed by atoms with Crippen LogP contribution in [0.3, 0.4) is 0 Å². The van der Waals surface area contributed by atoms with Gasteiger partial charge in [-0.2, -0.15) is 0 Å². The summed E-state index contributed by atoms with van der Waals surface area (Å²) in [7, 11) is 0. The molecule has 1 saturated heterocycles. The molecule has 1 unspecified atom stereocenters. The number of likely N-dealkylation sites (tertiary alicyclic amines) is 1. The van der Waals surface area contributed by atoms with E-state index in [-0.39, 0.29) is 17.3 Å². The lowest BCUT2D eigenvalue weighted by atomic mass is 10.1. The number of anilines is 1. The minimum atomic E-state index is -0.549. The van der Waals surface area contributed by atoms with Crippen LogP contribution in [0.4, 0.5) is 11.4 Å². The van der Waals surface area contributed by atoms with Gasteiger partial charge in [0, 0.05) is 24.7 Å². The molecular formula is C13H17N3O3. The van der Waals surface area contributed by atoms with Crippen molar-refractivity contribution in [1.29, 1.82) is 0 Å². The van der Waals surface area contributed by atoms with Crippen molar-refractivity contribution >= 4 is 17.3 Å². The second-order valence-corrected chi connectivity index (χ2v) is 4.84. The Bertz CT molecular complexity index is 516. The summed E-state index contributed by atoms with van der Waals surface area (Å²) in [6.45, 7) is 3.61. The summed E-state index contributed by atoms with van der Waals surface area (Å²) in [5.41, 5.74) is 5.88. The molecule has 1 heterocycles. The van der Waals surface area contributed by atoms with Crippen LogP contribution in [0.2, 0.25) is 0 Å². The summed E-state index contributed by atoms with van der Waals surface area (Å²) in [6.07, 6.45) is 2.08. The molecule has 2 N–H and O–H groups in total. The number of hydrogen-bond acceptors (Lipinski definition) is 4. The number of nitro benzene ring substituents is 1. The first-order valence-electron chi connectivity index (χ1n) is 6.36. The Balaban J connectivity index is 2.16. The van der Waals surface area contributed by atoms with E-state index in [1.54, 1.807) is 4.90 Å². The molecule has 6 nitrogen and oxygen atoms in total. The van der Waals surface area contributed by atoms with Crippen molar-refractivity contribution in [3.8, 4) is 0 Å². The first-order valence-corrected chi connectivity index (χ1v) is 6.36. The Morgan fingerprint density at radius 3 is 2.84 bits per heavy atom. The molecule has 1 fully saturated rings. The van der Waals surface area contributed by atoms with E-state index in [0.717, 1.165) is 25.9 Å². The van der Waals surface area contributed by atoms with Crippen LogP contribution in [-0.4, -0.2) is 28.8 Å². The molecular weight excluding hydrogens is 246 g/mol. The van der Waals surface area contributed by atoms with Crippen molar-refractivity contribution in [2.24, 2.45) is 5.92 Å². The molecule has 0 radical (unpaired) electrons.